The molecule has 1 aliphatic rings. The topological polar surface area (TPSA) is 29.3 Å². The number of fused-ring (bicyclic) bond motifs is 1. The van der Waals surface area contributed by atoms with Crippen molar-refractivity contribution in [1.29, 1.82) is 0 Å². The number of hydrogen-bond acceptors (Lipinski definition) is 2. The summed E-state index contributed by atoms with van der Waals surface area (Å²) < 4.78 is 0. The van der Waals surface area contributed by atoms with E-state index in [9.17, 15) is 0 Å². The van der Waals surface area contributed by atoms with Gasteiger partial charge in [-0.3, -0.25) is 0 Å². The smallest absolute Gasteiger partial charge is 0.0400 e. The lowest BCUT2D eigenvalue weighted by molar-refractivity contribution is 0.585. The number of nitrogens with two attached hydrogens (primary N) is 1. The van der Waals surface area contributed by atoms with Crippen LogP contribution in [0.2, 0.25) is 0 Å². The lowest BCUT2D eigenvalue weighted by Crippen LogP contribution is -2.32. The minimum atomic E-state index is 0.716. The van der Waals surface area contributed by atoms with E-state index < -0.39 is 0 Å². The minimum absolute atomic E-state index is 0.716. The Labute approximate surface area is 92.1 Å². The summed E-state index contributed by atoms with van der Waals surface area (Å²) >= 11 is 0. The van der Waals surface area contributed by atoms with Gasteiger partial charge in [0.15, 0.2) is 0 Å². The van der Waals surface area contributed by atoms with E-state index in [1.807, 2.05) is 6.07 Å². The van der Waals surface area contributed by atoms with Crippen molar-refractivity contribution in [1.82, 2.24) is 0 Å². The van der Waals surface area contributed by atoms with Gasteiger partial charge in [0.2, 0.25) is 0 Å². The molecule has 0 amide bonds. The summed E-state index contributed by atoms with van der Waals surface area (Å²) in [6.07, 6.45) is 2.43. The van der Waals surface area contributed by atoms with Gasteiger partial charge in [0.25, 0.3) is 0 Å². The predicted molar refractivity (Wildman–Crippen MR) is 66.2 cm³/mol. The first-order valence-electron chi connectivity index (χ1n) is 5.80. The molecule has 2 nitrogen and oxygen atoms in total. The van der Waals surface area contributed by atoms with Crippen LogP contribution >= 0.6 is 0 Å². The van der Waals surface area contributed by atoms with E-state index in [2.05, 4.69) is 30.9 Å². The van der Waals surface area contributed by atoms with E-state index in [0.29, 0.717) is 5.92 Å². The number of benzene rings is 1. The SMILES string of the molecule is CC(C)CN1CCCc2cc(N)ccc21. The van der Waals surface area contributed by atoms with Gasteiger partial charge < -0.3 is 10.6 Å². The van der Waals surface area contributed by atoms with Crippen LogP contribution in [-0.4, -0.2) is 13.1 Å². The lowest BCUT2D eigenvalue weighted by Gasteiger charge is -2.32. The van der Waals surface area contributed by atoms with Crippen LogP contribution in [0, 0.1) is 5.92 Å². The first kappa shape index (κ1) is 10.3. The normalized spacial score (nSPS) is 15.5. The Hall–Kier alpha value is -1.18. The van der Waals surface area contributed by atoms with E-state index >= 15 is 0 Å². The van der Waals surface area contributed by atoms with E-state index in [4.69, 9.17) is 5.73 Å². The van der Waals surface area contributed by atoms with E-state index in [1.165, 1.54) is 30.6 Å². The maximum Gasteiger partial charge on any atom is 0.0400 e. The number of nitrogen functional groups attached to an aromatic ring is 1. The molecule has 0 aromatic heterocycles. The van der Waals surface area contributed by atoms with Crippen molar-refractivity contribution < 1.29 is 0 Å². The molecule has 0 fully saturated rings. The van der Waals surface area contributed by atoms with Gasteiger partial charge in [-0.1, -0.05) is 13.8 Å². The van der Waals surface area contributed by atoms with Crippen LogP contribution in [-0.2, 0) is 6.42 Å². The zero-order valence-corrected chi connectivity index (χ0v) is 9.66. The Morgan fingerprint density at radius 1 is 1.40 bits per heavy atom. The fourth-order valence-corrected chi connectivity index (χ4v) is 2.33. The molecule has 0 radical (unpaired) electrons. The molecule has 0 unspecified atom stereocenters. The van der Waals surface area contributed by atoms with Crippen LogP contribution in [0.1, 0.15) is 25.8 Å². The molecule has 82 valence electrons. The van der Waals surface area contributed by atoms with Crippen molar-refractivity contribution in [2.75, 3.05) is 23.7 Å². The largest absolute Gasteiger partial charge is 0.399 e. The first-order chi connectivity index (χ1) is 7.16. The summed E-state index contributed by atoms with van der Waals surface area (Å²) in [5.74, 6) is 0.716. The molecule has 0 aliphatic carbocycles. The molecule has 2 N–H and O–H groups in total. The van der Waals surface area contributed by atoms with Crippen molar-refractivity contribution in [3.63, 3.8) is 0 Å². The summed E-state index contributed by atoms with van der Waals surface area (Å²) in [4.78, 5) is 2.49. The van der Waals surface area contributed by atoms with Gasteiger partial charge in [0.05, 0.1) is 0 Å². The molecule has 2 rings (SSSR count). The zero-order valence-electron chi connectivity index (χ0n) is 9.66. The molecule has 0 atom stereocenters. The van der Waals surface area contributed by atoms with E-state index in [1.54, 1.807) is 0 Å². The Kier molecular flexibility index (Phi) is 2.85. The highest BCUT2D eigenvalue weighted by Gasteiger charge is 2.17. The fourth-order valence-electron chi connectivity index (χ4n) is 2.33. The van der Waals surface area contributed by atoms with Crippen LogP contribution in [0.15, 0.2) is 18.2 Å². The molecule has 1 heterocycles. The molecule has 15 heavy (non-hydrogen) atoms. The molecule has 1 aliphatic heterocycles. The average Bonchev–Trinajstić information content (AvgIpc) is 2.16. The highest BCUT2D eigenvalue weighted by atomic mass is 15.1. The summed E-state index contributed by atoms with van der Waals surface area (Å²) in [5.41, 5.74) is 9.51. The first-order valence-corrected chi connectivity index (χ1v) is 5.80. The van der Waals surface area contributed by atoms with Crippen LogP contribution in [0.5, 0.6) is 0 Å². The van der Waals surface area contributed by atoms with Crippen molar-refractivity contribution in [3.8, 4) is 0 Å². The van der Waals surface area contributed by atoms with Crippen molar-refractivity contribution in [3.05, 3.63) is 23.8 Å². The number of anilines is 2. The van der Waals surface area contributed by atoms with Crippen molar-refractivity contribution in [2.24, 2.45) is 5.92 Å². The van der Waals surface area contributed by atoms with Gasteiger partial charge in [-0.05, 0) is 42.5 Å². The second-order valence-corrected chi connectivity index (χ2v) is 4.83. The van der Waals surface area contributed by atoms with E-state index in [-0.39, 0.29) is 0 Å². The zero-order chi connectivity index (χ0) is 10.8. The molecular weight excluding hydrogens is 184 g/mol. The van der Waals surface area contributed by atoms with Gasteiger partial charge in [-0.25, -0.2) is 0 Å². The third-order valence-corrected chi connectivity index (χ3v) is 2.90. The van der Waals surface area contributed by atoms with Crippen molar-refractivity contribution in [2.45, 2.75) is 26.7 Å². The van der Waals surface area contributed by atoms with Gasteiger partial charge in [0.1, 0.15) is 0 Å². The molecule has 1 aromatic carbocycles. The maximum absolute atomic E-state index is 5.81. The summed E-state index contributed by atoms with van der Waals surface area (Å²) in [6, 6.07) is 6.31. The quantitative estimate of drug-likeness (QED) is 0.750. The molecule has 0 saturated carbocycles. The number of hydrogen-bond donors (Lipinski definition) is 1. The monoisotopic (exact) mass is 204 g/mol. The Morgan fingerprint density at radius 2 is 2.20 bits per heavy atom. The Balaban J connectivity index is 2.26. The predicted octanol–water partition coefficient (Wildman–Crippen LogP) is 2.68. The standard InChI is InChI=1S/C13H20N2/c1-10(2)9-15-7-3-4-11-8-12(14)5-6-13(11)15/h5-6,8,10H,3-4,7,9,14H2,1-2H3. The molecule has 0 saturated heterocycles. The lowest BCUT2D eigenvalue weighted by atomic mass is 10.00. The van der Waals surface area contributed by atoms with Crippen LogP contribution in [0.25, 0.3) is 0 Å². The van der Waals surface area contributed by atoms with Gasteiger partial charge in [0, 0.05) is 24.5 Å². The molecular formula is C13H20N2. The second-order valence-electron chi connectivity index (χ2n) is 4.83. The Bertz CT molecular complexity index is 344. The van der Waals surface area contributed by atoms with Crippen molar-refractivity contribution >= 4 is 11.4 Å². The van der Waals surface area contributed by atoms with Gasteiger partial charge >= 0.3 is 0 Å². The van der Waals surface area contributed by atoms with E-state index in [0.717, 1.165) is 12.2 Å². The molecule has 0 spiro atoms. The van der Waals surface area contributed by atoms with Gasteiger partial charge in [-0.15, -0.1) is 0 Å². The highest BCUT2D eigenvalue weighted by molar-refractivity contribution is 5.61. The van der Waals surface area contributed by atoms with Crippen LogP contribution < -0.4 is 10.6 Å². The minimum Gasteiger partial charge on any atom is -0.399 e. The highest BCUT2D eigenvalue weighted by Crippen LogP contribution is 2.29. The summed E-state index contributed by atoms with van der Waals surface area (Å²) in [6.45, 7) is 6.88. The number of aryl methyl sites for hydroxylation is 1. The number of nitrogens with zero attached hydrogens (tertiary/aromatic N) is 1. The third-order valence-electron chi connectivity index (χ3n) is 2.90. The average molecular weight is 204 g/mol. The third kappa shape index (κ3) is 2.25. The maximum atomic E-state index is 5.81. The summed E-state index contributed by atoms with van der Waals surface area (Å²) in [5, 5.41) is 0. The number of rotatable bonds is 2. The summed E-state index contributed by atoms with van der Waals surface area (Å²) in [7, 11) is 0. The Morgan fingerprint density at radius 3 is 2.93 bits per heavy atom. The van der Waals surface area contributed by atoms with Crippen LogP contribution in [0.4, 0.5) is 11.4 Å². The molecule has 0 bridgehead atoms. The molecule has 2 heteroatoms. The van der Waals surface area contributed by atoms with Gasteiger partial charge in [-0.2, -0.15) is 0 Å². The molecule has 1 aromatic rings. The van der Waals surface area contributed by atoms with Crippen LogP contribution in [0.3, 0.4) is 0 Å². The fraction of sp³-hybridized carbons (Fsp3) is 0.538. The second kappa shape index (κ2) is 4.13.